The molecule has 3 N–H and O–H groups in total. The standard InChI is InChI=1S/C9H16N4O3S2/c1-6(11-14)7-5-17-8(10-7)12-18(15,16)13-9(2,3)4/h5,13-14H,1-4H3,(H,10,12). The Morgan fingerprint density at radius 1 is 1.50 bits per heavy atom. The largest absolute Gasteiger partial charge is 0.411 e. The van der Waals surface area contributed by atoms with Gasteiger partial charge >= 0.3 is 10.2 Å². The zero-order valence-corrected chi connectivity index (χ0v) is 12.2. The van der Waals surface area contributed by atoms with E-state index in [9.17, 15) is 8.42 Å². The van der Waals surface area contributed by atoms with Crippen LogP contribution in [0.3, 0.4) is 0 Å². The summed E-state index contributed by atoms with van der Waals surface area (Å²) in [6, 6.07) is 0. The molecule has 0 unspecified atom stereocenters. The summed E-state index contributed by atoms with van der Waals surface area (Å²) < 4.78 is 28.2. The van der Waals surface area contributed by atoms with Gasteiger partial charge in [-0.15, -0.1) is 11.3 Å². The molecule has 0 atom stereocenters. The molecule has 0 radical (unpaired) electrons. The third-order valence-corrected chi connectivity index (χ3v) is 3.92. The Kier molecular flexibility index (Phi) is 4.30. The van der Waals surface area contributed by atoms with Crippen molar-refractivity contribution in [3.8, 4) is 0 Å². The van der Waals surface area contributed by atoms with Crippen molar-refractivity contribution >= 4 is 32.4 Å². The van der Waals surface area contributed by atoms with Crippen LogP contribution < -0.4 is 9.44 Å². The predicted octanol–water partition coefficient (Wildman–Crippen LogP) is 1.39. The Balaban J connectivity index is 2.83. The highest BCUT2D eigenvalue weighted by atomic mass is 32.2. The molecule has 7 nitrogen and oxygen atoms in total. The first-order chi connectivity index (χ1) is 8.13. The molecule has 0 bridgehead atoms. The Hall–Kier alpha value is -1.19. The summed E-state index contributed by atoms with van der Waals surface area (Å²) in [7, 11) is -3.67. The van der Waals surface area contributed by atoms with Crippen LogP contribution in [-0.4, -0.2) is 29.9 Å². The summed E-state index contributed by atoms with van der Waals surface area (Å²) in [6.07, 6.45) is 0. The molecule has 0 aliphatic rings. The van der Waals surface area contributed by atoms with Crippen LogP contribution >= 0.6 is 11.3 Å². The SMILES string of the molecule is CC(=NO)c1csc(NS(=O)(=O)NC(C)(C)C)n1. The Labute approximate surface area is 110 Å². The summed E-state index contributed by atoms with van der Waals surface area (Å²) in [4.78, 5) is 3.99. The maximum atomic E-state index is 11.7. The number of hydrogen-bond donors (Lipinski definition) is 3. The summed E-state index contributed by atoms with van der Waals surface area (Å²) in [5.74, 6) is 0. The van der Waals surface area contributed by atoms with Crippen molar-refractivity contribution in [2.45, 2.75) is 33.2 Å². The highest BCUT2D eigenvalue weighted by Crippen LogP contribution is 2.17. The van der Waals surface area contributed by atoms with Gasteiger partial charge in [0.2, 0.25) is 0 Å². The number of oxime groups is 1. The summed E-state index contributed by atoms with van der Waals surface area (Å²) in [6.45, 7) is 6.78. The van der Waals surface area contributed by atoms with Gasteiger partial charge < -0.3 is 5.21 Å². The average molecular weight is 292 g/mol. The highest BCUT2D eigenvalue weighted by molar-refractivity contribution is 7.91. The second-order valence-corrected chi connectivity index (χ2v) is 6.95. The van der Waals surface area contributed by atoms with E-state index in [4.69, 9.17) is 5.21 Å². The molecule has 0 aliphatic heterocycles. The quantitative estimate of drug-likeness (QED) is 0.443. The monoisotopic (exact) mass is 292 g/mol. The van der Waals surface area contributed by atoms with E-state index in [2.05, 4.69) is 19.6 Å². The number of nitrogens with zero attached hydrogens (tertiary/aromatic N) is 2. The number of anilines is 1. The Morgan fingerprint density at radius 3 is 2.61 bits per heavy atom. The zero-order valence-electron chi connectivity index (χ0n) is 10.6. The fourth-order valence-corrected chi connectivity index (χ4v) is 3.33. The van der Waals surface area contributed by atoms with Crippen molar-refractivity contribution in [2.75, 3.05) is 4.72 Å². The highest BCUT2D eigenvalue weighted by Gasteiger charge is 2.20. The van der Waals surface area contributed by atoms with Gasteiger partial charge in [0.05, 0.1) is 0 Å². The first kappa shape index (κ1) is 14.9. The summed E-state index contributed by atoms with van der Waals surface area (Å²) in [5, 5.41) is 13.4. The van der Waals surface area contributed by atoms with Gasteiger partial charge in [-0.3, -0.25) is 0 Å². The van der Waals surface area contributed by atoms with Crippen LogP contribution in [0.4, 0.5) is 5.13 Å². The van der Waals surface area contributed by atoms with Crippen molar-refractivity contribution < 1.29 is 13.6 Å². The third-order valence-electron chi connectivity index (χ3n) is 1.69. The Bertz CT molecular complexity index is 542. The minimum absolute atomic E-state index is 0.213. The molecular formula is C9H16N4O3S2. The van der Waals surface area contributed by atoms with E-state index in [-0.39, 0.29) is 5.13 Å². The molecule has 0 fully saturated rings. The lowest BCUT2D eigenvalue weighted by molar-refractivity contribution is 0.319. The van der Waals surface area contributed by atoms with E-state index in [0.717, 1.165) is 11.3 Å². The topological polar surface area (TPSA) is 104 Å². The molecule has 0 aliphatic carbocycles. The molecule has 18 heavy (non-hydrogen) atoms. The van der Waals surface area contributed by atoms with E-state index in [1.807, 2.05) is 0 Å². The van der Waals surface area contributed by atoms with Gasteiger partial charge in [-0.1, -0.05) is 5.16 Å². The average Bonchev–Trinajstić information content (AvgIpc) is 2.60. The summed E-state index contributed by atoms with van der Waals surface area (Å²) in [5.41, 5.74) is 0.172. The van der Waals surface area contributed by atoms with Crippen molar-refractivity contribution in [3.05, 3.63) is 11.1 Å². The second-order valence-electron chi connectivity index (χ2n) is 4.68. The number of rotatable bonds is 4. The first-order valence-corrected chi connectivity index (χ1v) is 7.45. The number of hydrogen-bond acceptors (Lipinski definition) is 6. The van der Waals surface area contributed by atoms with Crippen molar-refractivity contribution in [2.24, 2.45) is 5.16 Å². The van der Waals surface area contributed by atoms with Gasteiger partial charge in [0, 0.05) is 10.9 Å². The molecule has 0 amide bonds. The lowest BCUT2D eigenvalue weighted by Gasteiger charge is -2.20. The third kappa shape index (κ3) is 4.59. The van der Waals surface area contributed by atoms with Crippen LogP contribution in [0.1, 0.15) is 33.4 Å². The van der Waals surface area contributed by atoms with Crippen molar-refractivity contribution in [1.82, 2.24) is 9.71 Å². The molecule has 1 heterocycles. The van der Waals surface area contributed by atoms with Gasteiger partial charge in [-0.2, -0.15) is 13.1 Å². The lowest BCUT2D eigenvalue weighted by atomic mass is 10.1. The normalized spacial score (nSPS) is 13.7. The van der Waals surface area contributed by atoms with Crippen LogP contribution in [0.2, 0.25) is 0 Å². The minimum Gasteiger partial charge on any atom is -0.411 e. The molecule has 1 aromatic heterocycles. The van der Waals surface area contributed by atoms with Crippen LogP contribution in [0.25, 0.3) is 0 Å². The molecule has 0 saturated heterocycles. The lowest BCUT2D eigenvalue weighted by Crippen LogP contribution is -2.43. The Morgan fingerprint density at radius 2 is 2.11 bits per heavy atom. The van der Waals surface area contributed by atoms with Crippen LogP contribution in [0.15, 0.2) is 10.5 Å². The molecule has 102 valence electrons. The molecule has 0 aromatic carbocycles. The minimum atomic E-state index is -3.67. The second kappa shape index (κ2) is 5.21. The molecule has 0 saturated carbocycles. The van der Waals surface area contributed by atoms with E-state index in [1.165, 1.54) is 0 Å². The van der Waals surface area contributed by atoms with Crippen LogP contribution in [-0.2, 0) is 10.2 Å². The molecule has 0 spiro atoms. The summed E-state index contributed by atoms with van der Waals surface area (Å²) >= 11 is 1.11. The van der Waals surface area contributed by atoms with Gasteiger partial charge in [-0.25, -0.2) is 9.71 Å². The molecular weight excluding hydrogens is 276 g/mol. The predicted molar refractivity (Wildman–Crippen MR) is 71.5 cm³/mol. The van der Waals surface area contributed by atoms with Gasteiger partial charge in [0.15, 0.2) is 5.13 Å². The van der Waals surface area contributed by atoms with Gasteiger partial charge in [0.1, 0.15) is 11.4 Å². The van der Waals surface area contributed by atoms with Gasteiger partial charge in [0.25, 0.3) is 0 Å². The maximum Gasteiger partial charge on any atom is 0.301 e. The maximum absolute atomic E-state index is 11.7. The van der Waals surface area contributed by atoms with Gasteiger partial charge in [-0.05, 0) is 27.7 Å². The van der Waals surface area contributed by atoms with E-state index in [1.54, 1.807) is 33.1 Å². The molecule has 9 heteroatoms. The van der Waals surface area contributed by atoms with E-state index < -0.39 is 15.7 Å². The van der Waals surface area contributed by atoms with Crippen molar-refractivity contribution in [1.29, 1.82) is 0 Å². The fraction of sp³-hybridized carbons (Fsp3) is 0.556. The van der Waals surface area contributed by atoms with E-state index >= 15 is 0 Å². The van der Waals surface area contributed by atoms with E-state index in [0.29, 0.717) is 11.4 Å². The first-order valence-electron chi connectivity index (χ1n) is 5.09. The van der Waals surface area contributed by atoms with Crippen LogP contribution in [0, 0.1) is 0 Å². The number of aromatic nitrogens is 1. The molecule has 1 rings (SSSR count). The number of thiazole rings is 1. The number of nitrogens with one attached hydrogen (secondary N) is 2. The molecule has 1 aromatic rings. The zero-order chi connectivity index (χ0) is 14.0. The van der Waals surface area contributed by atoms with Crippen molar-refractivity contribution in [3.63, 3.8) is 0 Å². The smallest absolute Gasteiger partial charge is 0.301 e. The fourth-order valence-electron chi connectivity index (χ4n) is 1.08. The van der Waals surface area contributed by atoms with Crippen LogP contribution in [0.5, 0.6) is 0 Å².